The molecular formula is C33H35NO11. The van der Waals surface area contributed by atoms with E-state index in [0.717, 1.165) is 11.1 Å². The summed E-state index contributed by atoms with van der Waals surface area (Å²) in [6, 6.07) is 11.6. The van der Waals surface area contributed by atoms with E-state index in [1.54, 1.807) is 24.3 Å². The Balaban J connectivity index is 1.17. The topological polar surface area (TPSA) is 169 Å². The van der Waals surface area contributed by atoms with E-state index in [-0.39, 0.29) is 36.8 Å². The molecule has 2 aliphatic carbocycles. The highest BCUT2D eigenvalue weighted by molar-refractivity contribution is 5.84. The third-order valence-electron chi connectivity index (χ3n) is 9.60. The zero-order chi connectivity index (χ0) is 32.1. The quantitative estimate of drug-likeness (QED) is 0.261. The SMILES string of the molecule is C[C@H](OC(=O)[C@@H](OC(=O)CCC(=O)OC1=CC[C@@]2(O)[C@H]3Cc4ccc(CO)c5c4[C@@]2(CCN3C)[C@H]1O5)c1ccccc1)C(=O)O. The zero-order valence-corrected chi connectivity index (χ0v) is 24.9. The summed E-state index contributed by atoms with van der Waals surface area (Å²) in [7, 11) is 1.99. The van der Waals surface area contributed by atoms with Gasteiger partial charge in [-0.1, -0.05) is 42.5 Å². The van der Waals surface area contributed by atoms with E-state index in [2.05, 4.69) is 4.90 Å². The monoisotopic (exact) mass is 621 g/mol. The fourth-order valence-electron chi connectivity index (χ4n) is 7.37. The van der Waals surface area contributed by atoms with E-state index in [0.29, 0.717) is 30.7 Å². The molecule has 12 nitrogen and oxygen atoms in total. The van der Waals surface area contributed by atoms with Crippen molar-refractivity contribution in [2.45, 2.75) is 81.0 Å². The van der Waals surface area contributed by atoms with Crippen molar-refractivity contribution in [2.75, 3.05) is 13.6 Å². The van der Waals surface area contributed by atoms with Crippen LogP contribution in [0.1, 0.15) is 61.0 Å². The van der Waals surface area contributed by atoms with E-state index in [1.807, 2.05) is 19.2 Å². The van der Waals surface area contributed by atoms with E-state index < -0.39 is 59.6 Å². The first-order valence-electron chi connectivity index (χ1n) is 14.9. The van der Waals surface area contributed by atoms with Crippen LogP contribution >= 0.6 is 0 Å². The van der Waals surface area contributed by atoms with Crippen LogP contribution in [0.5, 0.6) is 5.75 Å². The standard InChI is InChI=1S/C33H35NO11/c1-18(30(38)39)42-31(40)28(19-6-4-3-5-7-19)44-25(37)11-10-24(36)43-22-12-13-33(41)23-16-20-8-9-21(17-35)27-26(20)32(33,29(22)45-27)14-15-34(23)2/h3-9,12,18,23,28-29,35,41H,10-11,13-17H2,1-2H3,(H,38,39)/t18-,23+,28-,29-,32-,33+/m0/s1. The number of rotatable bonds is 10. The van der Waals surface area contributed by atoms with Crippen LogP contribution in [-0.2, 0) is 51.8 Å². The molecule has 1 saturated heterocycles. The van der Waals surface area contributed by atoms with Crippen LogP contribution in [0.15, 0.2) is 54.3 Å². The molecular weight excluding hydrogens is 586 g/mol. The molecule has 2 aromatic carbocycles. The van der Waals surface area contributed by atoms with Crippen molar-refractivity contribution in [3.63, 3.8) is 0 Å². The van der Waals surface area contributed by atoms with Crippen LogP contribution in [0, 0.1) is 0 Å². The fraction of sp³-hybridized carbons (Fsp3) is 0.455. The Morgan fingerprint density at radius 3 is 2.51 bits per heavy atom. The number of likely N-dealkylation sites (N-methyl/N-ethyl adjacent to an activating group) is 1. The van der Waals surface area contributed by atoms with Gasteiger partial charge in [-0.15, -0.1) is 0 Å². The number of carbonyl (C=O) groups is 4. The number of aliphatic hydroxyl groups is 2. The second-order valence-corrected chi connectivity index (χ2v) is 12.1. The van der Waals surface area contributed by atoms with Crippen molar-refractivity contribution in [1.29, 1.82) is 0 Å². The minimum absolute atomic E-state index is 0.179. The normalized spacial score (nSPS) is 27.2. The second kappa shape index (κ2) is 11.6. The maximum absolute atomic E-state index is 13.1. The molecule has 2 aliphatic heterocycles. The first kappa shape index (κ1) is 30.8. The number of carboxylic acid groups (broad SMARTS) is 1. The molecule has 12 heteroatoms. The molecule has 0 unspecified atom stereocenters. The number of hydrogen-bond acceptors (Lipinski definition) is 11. The summed E-state index contributed by atoms with van der Waals surface area (Å²) in [6.45, 7) is 1.62. The highest BCUT2D eigenvalue weighted by Crippen LogP contribution is 2.64. The first-order valence-corrected chi connectivity index (χ1v) is 14.9. The summed E-state index contributed by atoms with van der Waals surface area (Å²) in [5.41, 5.74) is 0.708. The highest BCUT2D eigenvalue weighted by Gasteiger charge is 2.71. The Kier molecular flexibility index (Phi) is 7.92. The number of carboxylic acids is 1. The molecule has 1 spiro atoms. The maximum Gasteiger partial charge on any atom is 0.353 e. The molecule has 3 N–H and O–H groups in total. The van der Waals surface area contributed by atoms with Crippen molar-refractivity contribution in [3.05, 3.63) is 76.6 Å². The van der Waals surface area contributed by atoms with Gasteiger partial charge in [-0.2, -0.15) is 0 Å². The van der Waals surface area contributed by atoms with Gasteiger partial charge >= 0.3 is 23.9 Å². The molecule has 0 radical (unpaired) electrons. The predicted molar refractivity (Wildman–Crippen MR) is 155 cm³/mol. The lowest BCUT2D eigenvalue weighted by atomic mass is 9.50. The Hall–Kier alpha value is -4.26. The molecule has 1 fully saturated rings. The van der Waals surface area contributed by atoms with Gasteiger partial charge in [0.25, 0.3) is 0 Å². The summed E-state index contributed by atoms with van der Waals surface area (Å²) in [5.74, 6) is -3.29. The molecule has 0 aromatic heterocycles. The average Bonchev–Trinajstić information content (AvgIpc) is 3.38. The first-order chi connectivity index (χ1) is 21.5. The minimum atomic E-state index is -1.53. The lowest BCUT2D eigenvalue weighted by Gasteiger charge is -2.61. The summed E-state index contributed by atoms with van der Waals surface area (Å²) >= 11 is 0. The van der Waals surface area contributed by atoms with Crippen LogP contribution in [0.3, 0.4) is 0 Å². The highest BCUT2D eigenvalue weighted by atomic mass is 16.6. The van der Waals surface area contributed by atoms with Gasteiger partial charge in [-0.05, 0) is 45.0 Å². The number of aliphatic hydroxyl groups excluding tert-OH is 1. The number of nitrogens with zero attached hydrogens (tertiary/aromatic N) is 1. The number of carbonyl (C=O) groups excluding carboxylic acids is 3. The van der Waals surface area contributed by atoms with Crippen LogP contribution in [0.25, 0.3) is 0 Å². The number of hydrogen-bond donors (Lipinski definition) is 3. The zero-order valence-electron chi connectivity index (χ0n) is 24.9. The van der Waals surface area contributed by atoms with E-state index in [4.69, 9.17) is 24.1 Å². The summed E-state index contributed by atoms with van der Waals surface area (Å²) < 4.78 is 22.5. The largest absolute Gasteiger partial charge is 0.481 e. The van der Waals surface area contributed by atoms with Gasteiger partial charge in [-0.25, -0.2) is 9.59 Å². The molecule has 45 heavy (non-hydrogen) atoms. The molecule has 0 saturated carbocycles. The lowest BCUT2D eigenvalue weighted by molar-refractivity contribution is -0.177. The van der Waals surface area contributed by atoms with Crippen molar-refractivity contribution >= 4 is 23.9 Å². The lowest BCUT2D eigenvalue weighted by Crippen LogP contribution is -2.74. The van der Waals surface area contributed by atoms with Gasteiger partial charge in [0.2, 0.25) is 6.10 Å². The van der Waals surface area contributed by atoms with Crippen LogP contribution in [0.2, 0.25) is 0 Å². The molecule has 2 heterocycles. The number of ether oxygens (including phenoxy) is 4. The maximum atomic E-state index is 13.1. The number of esters is 3. The van der Waals surface area contributed by atoms with Crippen molar-refractivity contribution in [2.24, 2.45) is 0 Å². The molecule has 2 bridgehead atoms. The number of piperidine rings is 1. The van der Waals surface area contributed by atoms with Gasteiger partial charge < -0.3 is 39.2 Å². The Morgan fingerprint density at radius 2 is 1.80 bits per heavy atom. The minimum Gasteiger partial charge on any atom is -0.481 e. The van der Waals surface area contributed by atoms with Crippen LogP contribution < -0.4 is 4.74 Å². The Bertz CT molecular complexity index is 1570. The molecule has 0 amide bonds. The molecule has 2 aromatic rings. The second-order valence-electron chi connectivity index (χ2n) is 12.1. The molecule has 6 atom stereocenters. The van der Waals surface area contributed by atoms with E-state index >= 15 is 0 Å². The van der Waals surface area contributed by atoms with Crippen LogP contribution in [0.4, 0.5) is 0 Å². The Labute approximate surface area is 259 Å². The van der Waals surface area contributed by atoms with Crippen LogP contribution in [-0.4, -0.2) is 81.5 Å². The van der Waals surface area contributed by atoms with Gasteiger partial charge in [-0.3, -0.25) is 9.59 Å². The van der Waals surface area contributed by atoms with Gasteiger partial charge in [0.1, 0.15) is 11.5 Å². The smallest absolute Gasteiger partial charge is 0.353 e. The van der Waals surface area contributed by atoms with E-state index in [1.165, 1.54) is 19.1 Å². The summed E-state index contributed by atoms with van der Waals surface area (Å²) in [4.78, 5) is 51.9. The van der Waals surface area contributed by atoms with Crippen molar-refractivity contribution in [3.8, 4) is 5.75 Å². The predicted octanol–water partition coefficient (Wildman–Crippen LogP) is 2.08. The third kappa shape index (κ3) is 4.97. The fourth-order valence-corrected chi connectivity index (χ4v) is 7.37. The third-order valence-corrected chi connectivity index (χ3v) is 9.60. The van der Waals surface area contributed by atoms with Gasteiger partial charge in [0.15, 0.2) is 12.2 Å². The molecule has 6 rings (SSSR count). The molecule has 238 valence electrons. The number of aliphatic carboxylic acids is 1. The Morgan fingerprint density at radius 1 is 1.07 bits per heavy atom. The van der Waals surface area contributed by atoms with Crippen molar-refractivity contribution < 1.29 is 53.4 Å². The van der Waals surface area contributed by atoms with Crippen molar-refractivity contribution in [1.82, 2.24) is 4.90 Å². The number of likely N-dealkylation sites (tertiary alicyclic amines) is 1. The summed E-state index contributed by atoms with van der Waals surface area (Å²) in [6.07, 6.45) is -1.54. The summed E-state index contributed by atoms with van der Waals surface area (Å²) in [5, 5.41) is 31.4. The van der Waals surface area contributed by atoms with E-state index in [9.17, 15) is 29.4 Å². The number of benzene rings is 2. The van der Waals surface area contributed by atoms with Gasteiger partial charge in [0.05, 0.1) is 30.5 Å². The molecule has 4 aliphatic rings. The van der Waals surface area contributed by atoms with Gasteiger partial charge in [0, 0.05) is 29.2 Å². The average molecular weight is 622 g/mol.